The molecule has 1 aliphatic carbocycles. The Bertz CT molecular complexity index is 431. The van der Waals surface area contributed by atoms with E-state index in [2.05, 4.69) is 16.0 Å². The number of fused-ring (bicyclic) bond motifs is 1. The van der Waals surface area contributed by atoms with Gasteiger partial charge < -0.3 is 10.0 Å². The maximum absolute atomic E-state index is 9.73. The largest absolute Gasteiger partial charge is 0.389 e. The van der Waals surface area contributed by atoms with Crippen LogP contribution in [0.4, 0.5) is 5.82 Å². The number of nitrogens with zero attached hydrogens (tertiary/aromatic N) is 2. The Morgan fingerprint density at radius 1 is 1.26 bits per heavy atom. The van der Waals surface area contributed by atoms with Gasteiger partial charge in [-0.3, -0.25) is 0 Å². The lowest BCUT2D eigenvalue weighted by Gasteiger charge is -2.44. The highest BCUT2D eigenvalue weighted by atomic mass is 16.3. The third-order valence-corrected chi connectivity index (χ3v) is 4.79. The van der Waals surface area contributed by atoms with Crippen LogP contribution in [-0.4, -0.2) is 22.7 Å². The number of aliphatic hydroxyl groups excluding tert-OH is 1. The van der Waals surface area contributed by atoms with Gasteiger partial charge in [0.25, 0.3) is 0 Å². The quantitative estimate of drug-likeness (QED) is 0.886. The van der Waals surface area contributed by atoms with Gasteiger partial charge in [0.15, 0.2) is 0 Å². The van der Waals surface area contributed by atoms with Gasteiger partial charge in [0, 0.05) is 18.8 Å². The highest BCUT2D eigenvalue weighted by Crippen LogP contribution is 2.37. The molecular weight excluding hydrogens is 236 g/mol. The predicted molar refractivity (Wildman–Crippen MR) is 77.2 cm³/mol. The molecule has 2 unspecified atom stereocenters. The lowest BCUT2D eigenvalue weighted by atomic mass is 9.78. The topological polar surface area (TPSA) is 36.4 Å². The normalized spacial score (nSPS) is 28.8. The number of hydrogen-bond acceptors (Lipinski definition) is 3. The molecule has 3 atom stereocenters. The number of hydrogen-bond donors (Lipinski definition) is 1. The smallest absolute Gasteiger partial charge is 0.129 e. The molecule has 1 saturated heterocycles. The molecule has 104 valence electrons. The molecule has 2 fully saturated rings. The van der Waals surface area contributed by atoms with Gasteiger partial charge in [-0.1, -0.05) is 12.8 Å². The minimum Gasteiger partial charge on any atom is -0.389 e. The van der Waals surface area contributed by atoms with Gasteiger partial charge >= 0.3 is 0 Å². The van der Waals surface area contributed by atoms with Gasteiger partial charge in [0.1, 0.15) is 5.82 Å². The molecule has 2 heterocycles. The van der Waals surface area contributed by atoms with E-state index >= 15 is 0 Å². The number of aromatic nitrogens is 1. The second kappa shape index (κ2) is 5.49. The second-order valence-electron chi connectivity index (χ2n) is 6.07. The van der Waals surface area contributed by atoms with Crippen LogP contribution in [0.25, 0.3) is 0 Å². The number of piperidine rings is 1. The zero-order chi connectivity index (χ0) is 13.2. The van der Waals surface area contributed by atoms with Crippen LogP contribution in [0.3, 0.4) is 0 Å². The zero-order valence-electron chi connectivity index (χ0n) is 11.8. The average Bonchev–Trinajstić information content (AvgIpc) is 2.47. The summed E-state index contributed by atoms with van der Waals surface area (Å²) in [4.78, 5) is 7.05. The Kier molecular flexibility index (Phi) is 3.74. The van der Waals surface area contributed by atoms with Crippen molar-refractivity contribution in [2.75, 3.05) is 11.4 Å². The lowest BCUT2D eigenvalue weighted by Crippen LogP contribution is -2.47. The standard InChI is InChI=1S/C16H24N2O/c1-12(19)14-8-9-17-16(11-14)18-10-4-6-13-5-2-3-7-15(13)18/h8-9,11-13,15,19H,2-7,10H2,1H3/t12-,13?,15?/m0/s1. The summed E-state index contributed by atoms with van der Waals surface area (Å²) in [6.07, 6.45) is 9.55. The van der Waals surface area contributed by atoms with Crippen molar-refractivity contribution in [3.8, 4) is 0 Å². The lowest BCUT2D eigenvalue weighted by molar-refractivity contribution is 0.199. The first-order chi connectivity index (χ1) is 9.25. The first-order valence-electron chi connectivity index (χ1n) is 7.66. The molecule has 0 amide bonds. The maximum atomic E-state index is 9.73. The molecule has 3 nitrogen and oxygen atoms in total. The maximum Gasteiger partial charge on any atom is 0.129 e. The van der Waals surface area contributed by atoms with Crippen LogP contribution >= 0.6 is 0 Å². The van der Waals surface area contributed by atoms with E-state index in [0.29, 0.717) is 6.04 Å². The molecule has 1 aliphatic heterocycles. The van der Waals surface area contributed by atoms with Gasteiger partial charge in [-0.2, -0.15) is 0 Å². The van der Waals surface area contributed by atoms with Crippen molar-refractivity contribution in [3.63, 3.8) is 0 Å². The monoisotopic (exact) mass is 260 g/mol. The molecule has 1 saturated carbocycles. The van der Waals surface area contributed by atoms with Crippen LogP contribution in [0.15, 0.2) is 18.3 Å². The molecule has 0 radical (unpaired) electrons. The Morgan fingerprint density at radius 2 is 2.05 bits per heavy atom. The van der Waals surface area contributed by atoms with Crippen LogP contribution in [0, 0.1) is 5.92 Å². The summed E-state index contributed by atoms with van der Waals surface area (Å²) in [5.41, 5.74) is 0.975. The van der Waals surface area contributed by atoms with E-state index < -0.39 is 6.10 Å². The number of pyridine rings is 1. The van der Waals surface area contributed by atoms with Crippen molar-refractivity contribution in [2.24, 2.45) is 5.92 Å². The van der Waals surface area contributed by atoms with Crippen molar-refractivity contribution in [2.45, 2.75) is 57.6 Å². The summed E-state index contributed by atoms with van der Waals surface area (Å²) in [5.74, 6) is 1.93. The van der Waals surface area contributed by atoms with E-state index in [4.69, 9.17) is 0 Å². The molecule has 0 spiro atoms. The fraction of sp³-hybridized carbons (Fsp3) is 0.688. The summed E-state index contributed by atoms with van der Waals surface area (Å²) in [5, 5.41) is 9.73. The molecule has 0 aromatic carbocycles. The Balaban J connectivity index is 1.85. The third kappa shape index (κ3) is 2.62. The average molecular weight is 260 g/mol. The second-order valence-corrected chi connectivity index (χ2v) is 6.07. The Labute approximate surface area is 115 Å². The van der Waals surface area contributed by atoms with Crippen LogP contribution in [-0.2, 0) is 0 Å². The van der Waals surface area contributed by atoms with Crippen molar-refractivity contribution < 1.29 is 5.11 Å². The molecule has 2 aliphatic rings. The summed E-state index contributed by atoms with van der Waals surface area (Å²) < 4.78 is 0. The zero-order valence-corrected chi connectivity index (χ0v) is 11.8. The SMILES string of the molecule is C[C@H](O)c1ccnc(N2CCCC3CCCCC32)c1. The summed E-state index contributed by atoms with van der Waals surface area (Å²) >= 11 is 0. The molecule has 1 aromatic heterocycles. The Morgan fingerprint density at radius 3 is 2.89 bits per heavy atom. The minimum absolute atomic E-state index is 0.409. The molecular formula is C16H24N2O. The molecule has 1 aromatic rings. The van der Waals surface area contributed by atoms with Crippen molar-refractivity contribution >= 4 is 5.82 Å². The third-order valence-electron chi connectivity index (χ3n) is 4.79. The van der Waals surface area contributed by atoms with E-state index in [0.717, 1.165) is 23.8 Å². The Hall–Kier alpha value is -1.09. The van der Waals surface area contributed by atoms with Crippen LogP contribution in [0.1, 0.15) is 57.1 Å². The molecule has 1 N–H and O–H groups in total. The van der Waals surface area contributed by atoms with Crippen LogP contribution in [0.2, 0.25) is 0 Å². The highest BCUT2D eigenvalue weighted by Gasteiger charge is 2.33. The number of aliphatic hydroxyl groups is 1. The van der Waals surface area contributed by atoms with E-state index in [9.17, 15) is 5.11 Å². The molecule has 3 rings (SSSR count). The summed E-state index contributed by atoms with van der Waals surface area (Å²) in [6.45, 7) is 2.94. The van der Waals surface area contributed by atoms with Gasteiger partial charge in [-0.15, -0.1) is 0 Å². The first-order valence-corrected chi connectivity index (χ1v) is 7.66. The van der Waals surface area contributed by atoms with E-state index in [-0.39, 0.29) is 0 Å². The predicted octanol–water partition coefficient (Wildman–Crippen LogP) is 3.29. The van der Waals surface area contributed by atoms with Crippen molar-refractivity contribution in [1.82, 2.24) is 4.98 Å². The first kappa shape index (κ1) is 12.9. The summed E-state index contributed by atoms with van der Waals surface area (Å²) in [7, 11) is 0. The fourth-order valence-corrected chi connectivity index (χ4v) is 3.76. The number of rotatable bonds is 2. The van der Waals surface area contributed by atoms with Crippen LogP contribution in [0.5, 0.6) is 0 Å². The summed E-state index contributed by atoms with van der Waals surface area (Å²) in [6, 6.07) is 4.66. The minimum atomic E-state index is -0.409. The van der Waals surface area contributed by atoms with Gasteiger partial charge in [-0.25, -0.2) is 4.98 Å². The van der Waals surface area contributed by atoms with Crippen molar-refractivity contribution in [3.05, 3.63) is 23.9 Å². The van der Waals surface area contributed by atoms with Gasteiger partial charge in [0.2, 0.25) is 0 Å². The van der Waals surface area contributed by atoms with Gasteiger partial charge in [-0.05, 0) is 56.2 Å². The van der Waals surface area contributed by atoms with E-state index in [1.165, 1.54) is 38.5 Å². The van der Waals surface area contributed by atoms with Gasteiger partial charge in [0.05, 0.1) is 6.10 Å². The number of anilines is 1. The fourth-order valence-electron chi connectivity index (χ4n) is 3.76. The molecule has 0 bridgehead atoms. The van der Waals surface area contributed by atoms with E-state index in [1.54, 1.807) is 0 Å². The highest BCUT2D eigenvalue weighted by molar-refractivity contribution is 5.43. The van der Waals surface area contributed by atoms with Crippen molar-refractivity contribution in [1.29, 1.82) is 0 Å². The van der Waals surface area contributed by atoms with Crippen LogP contribution < -0.4 is 4.90 Å². The molecule has 19 heavy (non-hydrogen) atoms. The molecule has 3 heteroatoms. The van der Waals surface area contributed by atoms with E-state index in [1.807, 2.05) is 19.2 Å².